The van der Waals surface area contributed by atoms with E-state index < -0.39 is 0 Å². The van der Waals surface area contributed by atoms with Crippen LogP contribution in [0.5, 0.6) is 0 Å². The molecule has 4 nitrogen and oxygen atoms in total. The van der Waals surface area contributed by atoms with Crippen molar-refractivity contribution in [1.82, 2.24) is 9.88 Å². The van der Waals surface area contributed by atoms with Crippen LogP contribution in [0, 0.1) is 0 Å². The van der Waals surface area contributed by atoms with Gasteiger partial charge in [-0.3, -0.25) is 4.79 Å². The van der Waals surface area contributed by atoms with Gasteiger partial charge in [-0.25, -0.2) is 0 Å². The standard InChI is InChI=1S/C12H15N3O/c1-15(8-6-13)12(16)10-4-2-3-9-5-7-14-11(9)10/h2-5,7,14H,6,8,13H2,1H3. The quantitative estimate of drug-likeness (QED) is 0.811. The Bertz CT molecular complexity index is 504. The number of carbonyl (C=O) groups excluding carboxylic acids is 1. The largest absolute Gasteiger partial charge is 0.361 e. The van der Waals surface area contributed by atoms with Gasteiger partial charge in [0.2, 0.25) is 0 Å². The number of rotatable bonds is 3. The fourth-order valence-electron chi connectivity index (χ4n) is 1.76. The summed E-state index contributed by atoms with van der Waals surface area (Å²) in [7, 11) is 1.76. The third kappa shape index (κ3) is 1.79. The Hall–Kier alpha value is -1.81. The van der Waals surface area contributed by atoms with E-state index in [0.29, 0.717) is 18.7 Å². The van der Waals surface area contributed by atoms with E-state index in [9.17, 15) is 4.79 Å². The number of hydrogen-bond acceptors (Lipinski definition) is 2. The molecule has 1 aromatic carbocycles. The van der Waals surface area contributed by atoms with Gasteiger partial charge in [0.25, 0.3) is 5.91 Å². The highest BCUT2D eigenvalue weighted by atomic mass is 16.2. The second-order valence-electron chi connectivity index (χ2n) is 3.76. The van der Waals surface area contributed by atoms with Gasteiger partial charge in [-0.15, -0.1) is 0 Å². The van der Waals surface area contributed by atoms with Gasteiger partial charge < -0.3 is 15.6 Å². The van der Waals surface area contributed by atoms with E-state index in [1.54, 1.807) is 11.9 Å². The number of likely N-dealkylation sites (N-methyl/N-ethyl adjacent to an activating group) is 1. The summed E-state index contributed by atoms with van der Waals surface area (Å²) < 4.78 is 0. The van der Waals surface area contributed by atoms with Crippen LogP contribution in [0.4, 0.5) is 0 Å². The summed E-state index contributed by atoms with van der Waals surface area (Å²) in [5.41, 5.74) is 7.01. The third-order valence-corrected chi connectivity index (χ3v) is 2.63. The van der Waals surface area contributed by atoms with Crippen LogP contribution < -0.4 is 5.73 Å². The van der Waals surface area contributed by atoms with E-state index in [1.807, 2.05) is 30.5 Å². The Labute approximate surface area is 94.0 Å². The molecule has 0 atom stereocenters. The fraction of sp³-hybridized carbons (Fsp3) is 0.250. The minimum atomic E-state index is -0.00139. The van der Waals surface area contributed by atoms with Gasteiger partial charge in [0.05, 0.1) is 11.1 Å². The Morgan fingerprint density at radius 3 is 3.00 bits per heavy atom. The monoisotopic (exact) mass is 217 g/mol. The van der Waals surface area contributed by atoms with Gasteiger partial charge in [-0.1, -0.05) is 12.1 Å². The first-order chi connectivity index (χ1) is 7.74. The molecule has 0 saturated heterocycles. The molecular formula is C12H15N3O. The highest BCUT2D eigenvalue weighted by Gasteiger charge is 2.14. The SMILES string of the molecule is CN(CCN)C(=O)c1cccc2cc[nH]c12. The Morgan fingerprint density at radius 2 is 2.25 bits per heavy atom. The lowest BCUT2D eigenvalue weighted by molar-refractivity contribution is 0.0801. The number of aromatic nitrogens is 1. The third-order valence-electron chi connectivity index (χ3n) is 2.63. The molecule has 4 heteroatoms. The molecule has 1 amide bonds. The lowest BCUT2D eigenvalue weighted by Gasteiger charge is -2.16. The minimum absolute atomic E-state index is 0.00139. The molecule has 1 heterocycles. The molecule has 0 bridgehead atoms. The molecule has 0 aliphatic rings. The smallest absolute Gasteiger partial charge is 0.255 e. The van der Waals surface area contributed by atoms with Crippen molar-refractivity contribution >= 4 is 16.8 Å². The lowest BCUT2D eigenvalue weighted by Crippen LogP contribution is -2.31. The van der Waals surface area contributed by atoms with Gasteiger partial charge in [-0.2, -0.15) is 0 Å². The molecule has 16 heavy (non-hydrogen) atoms. The molecule has 0 unspecified atom stereocenters. The van der Waals surface area contributed by atoms with Crippen molar-refractivity contribution in [3.8, 4) is 0 Å². The predicted octanol–water partition coefficient (Wildman–Crippen LogP) is 1.20. The van der Waals surface area contributed by atoms with Crippen molar-refractivity contribution < 1.29 is 4.79 Å². The fourth-order valence-corrected chi connectivity index (χ4v) is 1.76. The average molecular weight is 217 g/mol. The van der Waals surface area contributed by atoms with Crippen LogP contribution in [0.1, 0.15) is 10.4 Å². The van der Waals surface area contributed by atoms with Crippen LogP contribution in [-0.4, -0.2) is 35.9 Å². The van der Waals surface area contributed by atoms with E-state index in [4.69, 9.17) is 5.73 Å². The Balaban J connectivity index is 2.39. The van der Waals surface area contributed by atoms with Crippen LogP contribution in [0.3, 0.4) is 0 Å². The van der Waals surface area contributed by atoms with Crippen LogP contribution in [-0.2, 0) is 0 Å². The number of hydrogen-bond donors (Lipinski definition) is 2. The average Bonchev–Trinajstić information content (AvgIpc) is 2.76. The zero-order valence-corrected chi connectivity index (χ0v) is 9.23. The maximum atomic E-state index is 12.1. The molecule has 3 N–H and O–H groups in total. The maximum absolute atomic E-state index is 12.1. The Morgan fingerprint density at radius 1 is 1.44 bits per heavy atom. The number of nitrogens with one attached hydrogen (secondary N) is 1. The van der Waals surface area contributed by atoms with Gasteiger partial charge in [0.15, 0.2) is 0 Å². The molecule has 2 aromatic rings. The molecule has 0 fully saturated rings. The number of fused-ring (bicyclic) bond motifs is 1. The number of nitrogens with zero attached hydrogens (tertiary/aromatic N) is 1. The molecule has 0 aliphatic heterocycles. The van der Waals surface area contributed by atoms with Crippen molar-refractivity contribution in [3.63, 3.8) is 0 Å². The van der Waals surface area contributed by atoms with Crippen LogP contribution in [0.25, 0.3) is 10.9 Å². The van der Waals surface area contributed by atoms with E-state index in [-0.39, 0.29) is 5.91 Å². The molecule has 1 aromatic heterocycles. The zero-order chi connectivity index (χ0) is 11.5. The summed E-state index contributed by atoms with van der Waals surface area (Å²) in [6.07, 6.45) is 1.84. The number of benzene rings is 1. The van der Waals surface area contributed by atoms with Gasteiger partial charge in [0.1, 0.15) is 0 Å². The van der Waals surface area contributed by atoms with Gasteiger partial charge in [0, 0.05) is 31.7 Å². The van der Waals surface area contributed by atoms with Crippen LogP contribution in [0.15, 0.2) is 30.5 Å². The number of H-pyrrole nitrogens is 1. The molecule has 2 rings (SSSR count). The van der Waals surface area contributed by atoms with Crippen LogP contribution >= 0.6 is 0 Å². The zero-order valence-electron chi connectivity index (χ0n) is 9.23. The van der Waals surface area contributed by atoms with E-state index >= 15 is 0 Å². The predicted molar refractivity (Wildman–Crippen MR) is 64.3 cm³/mol. The van der Waals surface area contributed by atoms with Crippen molar-refractivity contribution in [2.75, 3.05) is 20.1 Å². The Kier molecular flexibility index (Phi) is 2.92. The van der Waals surface area contributed by atoms with Gasteiger partial charge in [-0.05, 0) is 12.1 Å². The van der Waals surface area contributed by atoms with Crippen molar-refractivity contribution in [1.29, 1.82) is 0 Å². The molecule has 0 saturated carbocycles. The molecule has 84 valence electrons. The summed E-state index contributed by atoms with van der Waals surface area (Å²) >= 11 is 0. The number of amides is 1. The van der Waals surface area contributed by atoms with Gasteiger partial charge >= 0.3 is 0 Å². The van der Waals surface area contributed by atoms with Crippen LogP contribution in [0.2, 0.25) is 0 Å². The molecular weight excluding hydrogens is 202 g/mol. The first-order valence-corrected chi connectivity index (χ1v) is 5.25. The first kappa shape index (κ1) is 10.7. The summed E-state index contributed by atoms with van der Waals surface area (Å²) in [5.74, 6) is -0.00139. The minimum Gasteiger partial charge on any atom is -0.361 e. The lowest BCUT2D eigenvalue weighted by atomic mass is 10.1. The maximum Gasteiger partial charge on any atom is 0.255 e. The molecule has 0 spiro atoms. The topological polar surface area (TPSA) is 62.1 Å². The second-order valence-corrected chi connectivity index (χ2v) is 3.76. The summed E-state index contributed by atoms with van der Waals surface area (Å²) in [5, 5.41) is 1.05. The van der Waals surface area contributed by atoms with Crippen molar-refractivity contribution in [2.45, 2.75) is 0 Å². The summed E-state index contributed by atoms with van der Waals surface area (Å²) in [6, 6.07) is 7.65. The normalized spacial score (nSPS) is 10.6. The summed E-state index contributed by atoms with van der Waals surface area (Å²) in [4.78, 5) is 16.8. The summed E-state index contributed by atoms with van der Waals surface area (Å²) in [6.45, 7) is 1.04. The van der Waals surface area contributed by atoms with Crippen molar-refractivity contribution in [3.05, 3.63) is 36.0 Å². The number of para-hydroxylation sites is 1. The van der Waals surface area contributed by atoms with E-state index in [0.717, 1.165) is 10.9 Å². The highest BCUT2D eigenvalue weighted by Crippen LogP contribution is 2.17. The molecule has 0 aliphatic carbocycles. The van der Waals surface area contributed by atoms with Crippen molar-refractivity contribution in [2.24, 2.45) is 5.73 Å². The number of carbonyl (C=O) groups is 1. The highest BCUT2D eigenvalue weighted by molar-refractivity contribution is 6.05. The van der Waals surface area contributed by atoms with E-state index in [1.165, 1.54) is 0 Å². The first-order valence-electron chi connectivity index (χ1n) is 5.25. The van der Waals surface area contributed by atoms with E-state index in [2.05, 4.69) is 4.98 Å². The number of aromatic amines is 1. The number of nitrogens with two attached hydrogens (primary N) is 1. The second kappa shape index (κ2) is 4.37. The molecule has 0 radical (unpaired) electrons.